The first kappa shape index (κ1) is 22.9. The lowest BCUT2D eigenvalue weighted by atomic mass is 9.94. The molecule has 9 nitrogen and oxygen atoms in total. The summed E-state index contributed by atoms with van der Waals surface area (Å²) in [4.78, 5) is 52.4. The molecule has 2 aliphatic rings. The molecule has 35 heavy (non-hydrogen) atoms. The van der Waals surface area contributed by atoms with Gasteiger partial charge in [-0.05, 0) is 19.4 Å². The number of nitrogens with one attached hydrogen (secondary N) is 2. The maximum atomic E-state index is 13.5. The Bertz CT molecular complexity index is 1390. The van der Waals surface area contributed by atoms with Crippen LogP contribution in [-0.2, 0) is 9.59 Å². The largest absolute Gasteiger partial charge is 0.480 e. The van der Waals surface area contributed by atoms with E-state index in [0.717, 1.165) is 0 Å². The van der Waals surface area contributed by atoms with E-state index in [2.05, 4.69) is 15.5 Å². The Morgan fingerprint density at radius 1 is 1.03 bits per heavy atom. The van der Waals surface area contributed by atoms with Crippen LogP contribution in [-0.4, -0.2) is 60.2 Å². The molecule has 2 saturated heterocycles. The van der Waals surface area contributed by atoms with Crippen LogP contribution < -0.4 is 10.9 Å². The fourth-order valence-corrected chi connectivity index (χ4v) is 6.34. The van der Waals surface area contributed by atoms with E-state index >= 15 is 0 Å². The van der Waals surface area contributed by atoms with Crippen LogP contribution in [0.4, 0.5) is 0 Å². The average molecular weight is 491 g/mol. The van der Waals surface area contributed by atoms with E-state index in [4.69, 9.17) is 0 Å². The first-order chi connectivity index (χ1) is 16.7. The molecule has 0 radical (unpaired) electrons. The molecule has 0 bridgehead atoms. The zero-order chi connectivity index (χ0) is 24.9. The summed E-state index contributed by atoms with van der Waals surface area (Å²) in [6, 6.07) is 16.2. The number of β-lactam (4-membered cyclic amide) rings is 1. The van der Waals surface area contributed by atoms with E-state index in [1.165, 1.54) is 16.7 Å². The SMILES string of the molecule is CC1(C)S[C@@H]2[C@H](NC(=O)c3c(-c4ccccc4)c(-c4ccccc4)n[nH]c3=O)C(=O)N2[C@H]1C(=O)O. The number of hydrogen-bond acceptors (Lipinski definition) is 6. The summed E-state index contributed by atoms with van der Waals surface area (Å²) < 4.78 is -0.727. The molecule has 3 aromatic rings. The van der Waals surface area contributed by atoms with E-state index in [0.29, 0.717) is 22.4 Å². The standard InChI is InChI=1S/C25H22N4O5S/c1-25(2)19(24(33)34)29-22(32)18(23(29)35-25)26-20(30)16-15(13-9-5-3-6-10-13)17(27-28-21(16)31)14-11-7-4-8-12-14/h3-12,18-19,23H,1-2H3,(H,26,30)(H,28,31)(H,33,34)/t18-,19+,23-/m1/s1. The second-order valence-electron chi connectivity index (χ2n) is 8.93. The van der Waals surface area contributed by atoms with Crippen LogP contribution in [0.2, 0.25) is 0 Å². The lowest BCUT2D eigenvalue weighted by molar-refractivity contribution is -0.159. The van der Waals surface area contributed by atoms with E-state index in [1.807, 2.05) is 36.4 Å². The summed E-state index contributed by atoms with van der Waals surface area (Å²) in [6.07, 6.45) is 0. The number of amides is 2. The number of carbonyl (C=O) groups excluding carboxylic acids is 2. The van der Waals surface area contributed by atoms with Crippen molar-refractivity contribution in [1.29, 1.82) is 0 Å². The molecule has 0 aliphatic carbocycles. The predicted molar refractivity (Wildman–Crippen MR) is 131 cm³/mol. The van der Waals surface area contributed by atoms with Crippen LogP contribution in [0.5, 0.6) is 0 Å². The van der Waals surface area contributed by atoms with Gasteiger partial charge in [-0.1, -0.05) is 60.7 Å². The minimum absolute atomic E-state index is 0.159. The number of carboxylic acid groups (broad SMARTS) is 1. The normalized spacial score (nSPS) is 22.3. The van der Waals surface area contributed by atoms with Crippen molar-refractivity contribution in [2.45, 2.75) is 36.1 Å². The van der Waals surface area contributed by atoms with Crippen molar-refractivity contribution in [2.75, 3.05) is 0 Å². The predicted octanol–water partition coefficient (Wildman–Crippen LogP) is 2.35. The lowest BCUT2D eigenvalue weighted by Gasteiger charge is -2.43. The second kappa shape index (κ2) is 8.38. The topological polar surface area (TPSA) is 132 Å². The highest BCUT2D eigenvalue weighted by Gasteiger charge is 2.64. The molecule has 2 fully saturated rings. The van der Waals surface area contributed by atoms with Crippen LogP contribution in [0.25, 0.3) is 22.4 Å². The van der Waals surface area contributed by atoms with Crippen molar-refractivity contribution < 1.29 is 19.5 Å². The molecule has 3 N–H and O–H groups in total. The number of H-pyrrole nitrogens is 1. The first-order valence-electron chi connectivity index (χ1n) is 11.0. The molecule has 5 rings (SSSR count). The number of aromatic nitrogens is 2. The fourth-order valence-electron chi connectivity index (χ4n) is 4.72. The van der Waals surface area contributed by atoms with Crippen LogP contribution in [0.1, 0.15) is 24.2 Å². The molecule has 2 aliphatic heterocycles. The highest BCUT2D eigenvalue weighted by Crippen LogP contribution is 2.50. The van der Waals surface area contributed by atoms with E-state index < -0.39 is 45.5 Å². The number of carboxylic acids is 1. The third-order valence-corrected chi connectivity index (χ3v) is 7.85. The summed E-state index contributed by atoms with van der Waals surface area (Å²) in [6.45, 7) is 3.52. The van der Waals surface area contributed by atoms with Crippen molar-refractivity contribution in [3.63, 3.8) is 0 Å². The van der Waals surface area contributed by atoms with Gasteiger partial charge in [-0.15, -0.1) is 11.8 Å². The molecule has 10 heteroatoms. The molecule has 0 saturated carbocycles. The Kier molecular flexibility index (Phi) is 5.47. The third kappa shape index (κ3) is 3.70. The maximum absolute atomic E-state index is 13.5. The van der Waals surface area contributed by atoms with Gasteiger partial charge in [0.05, 0.1) is 5.69 Å². The number of rotatable bonds is 5. The number of benzene rings is 2. The molecule has 2 aromatic carbocycles. The molecule has 1 aromatic heterocycles. The van der Waals surface area contributed by atoms with E-state index in [9.17, 15) is 24.3 Å². The number of aliphatic carboxylic acids is 1. The number of thioether (sulfide) groups is 1. The summed E-state index contributed by atoms with van der Waals surface area (Å²) in [7, 11) is 0. The van der Waals surface area contributed by atoms with Gasteiger partial charge in [0.2, 0.25) is 5.91 Å². The third-order valence-electron chi connectivity index (χ3n) is 6.28. The number of hydrogen-bond donors (Lipinski definition) is 3. The second-order valence-corrected chi connectivity index (χ2v) is 10.7. The molecule has 0 spiro atoms. The fraction of sp³-hybridized carbons (Fsp3) is 0.240. The number of fused-ring (bicyclic) bond motifs is 1. The molecular weight excluding hydrogens is 468 g/mol. The smallest absolute Gasteiger partial charge is 0.327 e. The summed E-state index contributed by atoms with van der Waals surface area (Å²) in [5.74, 6) is -2.30. The van der Waals surface area contributed by atoms with Crippen LogP contribution in [0, 0.1) is 0 Å². The van der Waals surface area contributed by atoms with E-state index in [1.54, 1.807) is 38.1 Å². The molecule has 2 amide bonds. The lowest BCUT2D eigenvalue weighted by Crippen LogP contribution is -2.70. The Morgan fingerprint density at radius 3 is 2.23 bits per heavy atom. The zero-order valence-corrected chi connectivity index (χ0v) is 19.7. The number of aromatic amines is 1. The molecule has 3 atom stereocenters. The van der Waals surface area contributed by atoms with Gasteiger partial charge in [0.15, 0.2) is 0 Å². The van der Waals surface area contributed by atoms with Gasteiger partial charge in [0, 0.05) is 15.9 Å². The van der Waals surface area contributed by atoms with Gasteiger partial charge in [0.1, 0.15) is 23.0 Å². The first-order valence-corrected chi connectivity index (χ1v) is 11.9. The summed E-state index contributed by atoms with van der Waals surface area (Å²) in [5, 5.41) is 18.4. The highest BCUT2D eigenvalue weighted by molar-refractivity contribution is 8.01. The average Bonchev–Trinajstić information content (AvgIpc) is 3.11. The maximum Gasteiger partial charge on any atom is 0.327 e. The van der Waals surface area contributed by atoms with Crippen LogP contribution >= 0.6 is 11.8 Å². The zero-order valence-electron chi connectivity index (χ0n) is 18.9. The van der Waals surface area contributed by atoms with Gasteiger partial charge in [0.25, 0.3) is 11.5 Å². The quantitative estimate of drug-likeness (QED) is 0.468. The molecule has 178 valence electrons. The number of carbonyl (C=O) groups is 3. The van der Waals surface area contributed by atoms with Gasteiger partial charge in [-0.2, -0.15) is 5.10 Å². The number of nitrogens with zero attached hydrogens (tertiary/aromatic N) is 2. The van der Waals surface area contributed by atoms with Crippen molar-refractivity contribution >= 4 is 29.5 Å². The van der Waals surface area contributed by atoms with Crippen molar-refractivity contribution in [3.8, 4) is 22.4 Å². The Labute approximate surface area is 204 Å². The van der Waals surface area contributed by atoms with Crippen LogP contribution in [0.3, 0.4) is 0 Å². The van der Waals surface area contributed by atoms with Crippen molar-refractivity contribution in [3.05, 3.63) is 76.6 Å². The minimum Gasteiger partial charge on any atom is -0.480 e. The Hall–Kier alpha value is -3.92. The van der Waals surface area contributed by atoms with Gasteiger partial charge in [-0.25, -0.2) is 9.89 Å². The minimum atomic E-state index is -1.09. The molecule has 3 heterocycles. The van der Waals surface area contributed by atoms with Crippen molar-refractivity contribution in [1.82, 2.24) is 20.4 Å². The molecular formula is C25H22N4O5S. The Morgan fingerprint density at radius 2 is 1.63 bits per heavy atom. The summed E-state index contributed by atoms with van der Waals surface area (Å²) in [5.41, 5.74) is 1.26. The van der Waals surface area contributed by atoms with Crippen molar-refractivity contribution in [2.24, 2.45) is 0 Å². The van der Waals surface area contributed by atoms with E-state index in [-0.39, 0.29) is 5.56 Å². The van der Waals surface area contributed by atoms with Gasteiger partial charge < -0.3 is 15.3 Å². The van der Waals surface area contributed by atoms with Gasteiger partial charge >= 0.3 is 5.97 Å². The van der Waals surface area contributed by atoms with Crippen LogP contribution in [0.15, 0.2) is 65.5 Å². The monoisotopic (exact) mass is 490 g/mol. The highest BCUT2D eigenvalue weighted by atomic mass is 32.2. The molecule has 0 unspecified atom stereocenters. The Balaban J connectivity index is 1.55. The summed E-state index contributed by atoms with van der Waals surface area (Å²) >= 11 is 1.32. The van der Waals surface area contributed by atoms with Gasteiger partial charge in [-0.3, -0.25) is 14.4 Å².